The number of piperidine rings is 1. The van der Waals surface area contributed by atoms with Crippen molar-refractivity contribution in [2.24, 2.45) is 5.92 Å². The number of aryl methyl sites for hydroxylation is 1. The maximum absolute atomic E-state index is 12.6. The van der Waals surface area contributed by atoms with Gasteiger partial charge in [0.1, 0.15) is 5.69 Å². The molecule has 0 saturated carbocycles. The van der Waals surface area contributed by atoms with E-state index in [1.54, 1.807) is 12.4 Å². The first kappa shape index (κ1) is 14.9. The van der Waals surface area contributed by atoms with E-state index in [0.29, 0.717) is 31.1 Å². The summed E-state index contributed by atoms with van der Waals surface area (Å²) in [6.45, 7) is 3.23. The van der Waals surface area contributed by atoms with Crippen LogP contribution in [0.5, 0.6) is 0 Å². The molecule has 0 unspecified atom stereocenters. The van der Waals surface area contributed by atoms with Gasteiger partial charge >= 0.3 is 0 Å². The summed E-state index contributed by atoms with van der Waals surface area (Å²) >= 11 is 0. The Kier molecular flexibility index (Phi) is 4.09. The molecule has 3 rings (SSSR count). The molecule has 3 heterocycles. The van der Waals surface area contributed by atoms with E-state index in [9.17, 15) is 9.59 Å². The van der Waals surface area contributed by atoms with Gasteiger partial charge in [0.25, 0.3) is 5.91 Å². The van der Waals surface area contributed by atoms with Crippen LogP contribution in [-0.4, -0.2) is 57.8 Å². The molecule has 0 aromatic carbocycles. The number of carbonyl (C=O) groups is 2. The predicted octanol–water partition coefficient (Wildman–Crippen LogP) is 1.26. The molecule has 2 fully saturated rings. The van der Waals surface area contributed by atoms with E-state index in [0.717, 1.165) is 25.0 Å². The zero-order chi connectivity index (χ0) is 15.7. The summed E-state index contributed by atoms with van der Waals surface area (Å²) in [7, 11) is 1.90. The quantitative estimate of drug-likeness (QED) is 0.783. The first-order valence-corrected chi connectivity index (χ1v) is 7.90. The van der Waals surface area contributed by atoms with Crippen molar-refractivity contribution in [2.45, 2.75) is 38.6 Å². The Bertz CT molecular complexity index is 572. The number of hydrogen-bond acceptors (Lipinski definition) is 4. The molecule has 6 heteroatoms. The van der Waals surface area contributed by atoms with Crippen LogP contribution in [0.3, 0.4) is 0 Å². The Morgan fingerprint density at radius 3 is 2.82 bits per heavy atom. The van der Waals surface area contributed by atoms with Gasteiger partial charge in [-0.2, -0.15) is 0 Å². The van der Waals surface area contributed by atoms with E-state index in [1.807, 2.05) is 23.8 Å². The summed E-state index contributed by atoms with van der Waals surface area (Å²) in [5.41, 5.74) is 1.21. The number of carbonyl (C=O) groups excluding carboxylic acids is 2. The minimum absolute atomic E-state index is 0.0517. The van der Waals surface area contributed by atoms with Crippen molar-refractivity contribution in [3.05, 3.63) is 23.8 Å². The smallest absolute Gasteiger partial charge is 0.274 e. The highest BCUT2D eigenvalue weighted by molar-refractivity contribution is 5.92. The molecule has 2 aliphatic rings. The van der Waals surface area contributed by atoms with Crippen molar-refractivity contribution in [3.8, 4) is 0 Å². The van der Waals surface area contributed by atoms with E-state index in [2.05, 4.69) is 9.97 Å². The number of amides is 2. The van der Waals surface area contributed by atoms with Gasteiger partial charge in [-0.05, 0) is 32.1 Å². The molecule has 0 radical (unpaired) electrons. The lowest BCUT2D eigenvalue weighted by Crippen LogP contribution is -2.51. The van der Waals surface area contributed by atoms with Crippen LogP contribution in [0.15, 0.2) is 12.4 Å². The fourth-order valence-corrected chi connectivity index (χ4v) is 3.54. The minimum atomic E-state index is -0.0517. The Labute approximate surface area is 130 Å². The second kappa shape index (κ2) is 6.02. The average molecular weight is 302 g/mol. The molecule has 0 aliphatic carbocycles. The van der Waals surface area contributed by atoms with Gasteiger partial charge in [0, 0.05) is 38.8 Å². The largest absolute Gasteiger partial charge is 0.342 e. The predicted molar refractivity (Wildman–Crippen MR) is 81.2 cm³/mol. The third-order valence-electron chi connectivity index (χ3n) is 4.84. The number of fused-ring (bicyclic) bond motifs is 1. The Balaban J connectivity index is 1.72. The van der Waals surface area contributed by atoms with Gasteiger partial charge < -0.3 is 9.80 Å². The lowest BCUT2D eigenvalue weighted by atomic mass is 9.88. The van der Waals surface area contributed by atoms with Crippen LogP contribution in [0, 0.1) is 12.8 Å². The van der Waals surface area contributed by atoms with E-state index < -0.39 is 0 Å². The number of hydrogen-bond donors (Lipinski definition) is 0. The topological polar surface area (TPSA) is 66.4 Å². The normalized spacial score (nSPS) is 25.6. The van der Waals surface area contributed by atoms with Crippen molar-refractivity contribution < 1.29 is 9.59 Å². The molecule has 2 atom stereocenters. The molecule has 2 saturated heterocycles. The summed E-state index contributed by atoms with van der Waals surface area (Å²) in [4.78, 5) is 36.6. The highest BCUT2D eigenvalue weighted by atomic mass is 16.2. The third-order valence-corrected chi connectivity index (χ3v) is 4.84. The van der Waals surface area contributed by atoms with Crippen molar-refractivity contribution >= 4 is 11.8 Å². The molecule has 0 N–H and O–H groups in total. The van der Waals surface area contributed by atoms with Crippen LogP contribution in [0.1, 0.15) is 41.9 Å². The molecule has 6 nitrogen and oxygen atoms in total. The maximum Gasteiger partial charge on any atom is 0.274 e. The summed E-state index contributed by atoms with van der Waals surface area (Å²) in [6.07, 6.45) is 6.56. The molecule has 118 valence electrons. The van der Waals surface area contributed by atoms with Crippen LogP contribution < -0.4 is 0 Å². The Morgan fingerprint density at radius 1 is 1.27 bits per heavy atom. The number of nitrogens with zero attached hydrogens (tertiary/aromatic N) is 4. The molecule has 0 spiro atoms. The van der Waals surface area contributed by atoms with Gasteiger partial charge in [-0.1, -0.05) is 0 Å². The van der Waals surface area contributed by atoms with Crippen molar-refractivity contribution in [1.29, 1.82) is 0 Å². The molecular weight excluding hydrogens is 280 g/mol. The van der Waals surface area contributed by atoms with Crippen LogP contribution in [0.25, 0.3) is 0 Å². The summed E-state index contributed by atoms with van der Waals surface area (Å²) in [5, 5.41) is 0. The first-order valence-electron chi connectivity index (χ1n) is 7.90. The molecule has 1 aromatic rings. The van der Waals surface area contributed by atoms with Crippen LogP contribution in [-0.2, 0) is 4.79 Å². The van der Waals surface area contributed by atoms with Gasteiger partial charge in [-0.15, -0.1) is 0 Å². The maximum atomic E-state index is 12.6. The van der Waals surface area contributed by atoms with E-state index in [1.165, 1.54) is 0 Å². The second-order valence-corrected chi connectivity index (χ2v) is 6.31. The standard InChI is InChI=1S/C16H22N4O2/c1-11-8-18-13(9-17-11)16(22)20-7-6-14-12(10-20)4-3-5-15(21)19(14)2/h8-9,12,14H,3-7,10H2,1-2H3/t12-,14+/m0/s1. The molecule has 2 aliphatic heterocycles. The fourth-order valence-electron chi connectivity index (χ4n) is 3.54. The average Bonchev–Trinajstić information content (AvgIpc) is 2.67. The zero-order valence-electron chi connectivity index (χ0n) is 13.2. The van der Waals surface area contributed by atoms with Gasteiger partial charge in [0.2, 0.25) is 5.91 Å². The number of aromatic nitrogens is 2. The summed E-state index contributed by atoms with van der Waals surface area (Å²) in [5.74, 6) is 0.549. The Morgan fingerprint density at radius 2 is 2.09 bits per heavy atom. The first-order chi connectivity index (χ1) is 10.6. The highest BCUT2D eigenvalue weighted by Gasteiger charge is 2.37. The molecular formula is C16H22N4O2. The lowest BCUT2D eigenvalue weighted by molar-refractivity contribution is -0.132. The molecule has 0 bridgehead atoms. The second-order valence-electron chi connectivity index (χ2n) is 6.31. The zero-order valence-corrected chi connectivity index (χ0v) is 13.2. The third kappa shape index (κ3) is 2.82. The van der Waals surface area contributed by atoms with Gasteiger partial charge in [0.15, 0.2) is 0 Å². The van der Waals surface area contributed by atoms with Gasteiger partial charge in [0.05, 0.1) is 11.9 Å². The highest BCUT2D eigenvalue weighted by Crippen LogP contribution is 2.30. The lowest BCUT2D eigenvalue weighted by Gasteiger charge is -2.41. The van der Waals surface area contributed by atoms with Crippen LogP contribution in [0.4, 0.5) is 0 Å². The van der Waals surface area contributed by atoms with Crippen molar-refractivity contribution in [3.63, 3.8) is 0 Å². The van der Waals surface area contributed by atoms with Gasteiger partial charge in [-0.25, -0.2) is 4.98 Å². The Hall–Kier alpha value is -1.98. The van der Waals surface area contributed by atoms with E-state index in [-0.39, 0.29) is 17.9 Å². The number of rotatable bonds is 1. The van der Waals surface area contributed by atoms with E-state index >= 15 is 0 Å². The molecule has 1 aromatic heterocycles. The summed E-state index contributed by atoms with van der Waals surface area (Å²) < 4.78 is 0. The SMILES string of the molecule is Cc1cnc(C(=O)N2CC[C@@H]3[C@@H](CCCC(=O)N3C)C2)cn1. The monoisotopic (exact) mass is 302 g/mol. The summed E-state index contributed by atoms with van der Waals surface area (Å²) in [6, 6.07) is 0.267. The molecule has 2 amide bonds. The van der Waals surface area contributed by atoms with E-state index in [4.69, 9.17) is 0 Å². The van der Waals surface area contributed by atoms with Crippen LogP contribution in [0.2, 0.25) is 0 Å². The number of likely N-dealkylation sites (tertiary alicyclic amines) is 2. The van der Waals surface area contributed by atoms with Crippen molar-refractivity contribution in [2.75, 3.05) is 20.1 Å². The fraction of sp³-hybridized carbons (Fsp3) is 0.625. The van der Waals surface area contributed by atoms with Gasteiger partial charge in [-0.3, -0.25) is 14.6 Å². The van der Waals surface area contributed by atoms with Crippen LogP contribution >= 0.6 is 0 Å². The van der Waals surface area contributed by atoms with Crippen molar-refractivity contribution in [1.82, 2.24) is 19.8 Å². The molecule has 22 heavy (non-hydrogen) atoms. The minimum Gasteiger partial charge on any atom is -0.342 e.